The maximum Gasteiger partial charge on any atom is 0.123 e. The normalized spacial score (nSPS) is 9.38. The van der Waals surface area contributed by atoms with E-state index >= 15 is 0 Å². The molecule has 13 heavy (non-hydrogen) atoms. The SMILES string of the molecule is Cc1ccc(F)cc1CCN=[N+]=[N-]. The van der Waals surface area contributed by atoms with Crippen molar-refractivity contribution in [2.75, 3.05) is 6.54 Å². The lowest BCUT2D eigenvalue weighted by molar-refractivity contribution is 0.624. The van der Waals surface area contributed by atoms with Gasteiger partial charge in [-0.15, -0.1) is 0 Å². The van der Waals surface area contributed by atoms with Gasteiger partial charge >= 0.3 is 0 Å². The zero-order valence-electron chi connectivity index (χ0n) is 7.37. The van der Waals surface area contributed by atoms with E-state index < -0.39 is 0 Å². The maximum atomic E-state index is 12.8. The first-order valence-electron chi connectivity index (χ1n) is 4.00. The van der Waals surface area contributed by atoms with Crippen molar-refractivity contribution in [3.63, 3.8) is 0 Å². The first kappa shape index (κ1) is 9.55. The molecule has 0 radical (unpaired) electrons. The Bertz CT molecular complexity index is 343. The average Bonchev–Trinajstić information content (AvgIpc) is 2.11. The number of hydrogen-bond donors (Lipinski definition) is 0. The molecule has 0 fully saturated rings. The zero-order valence-corrected chi connectivity index (χ0v) is 7.37. The molecule has 1 rings (SSSR count). The van der Waals surface area contributed by atoms with Gasteiger partial charge in [0.25, 0.3) is 0 Å². The van der Waals surface area contributed by atoms with Crippen molar-refractivity contribution in [2.24, 2.45) is 5.11 Å². The zero-order chi connectivity index (χ0) is 9.68. The van der Waals surface area contributed by atoms with Crippen LogP contribution in [-0.2, 0) is 6.42 Å². The van der Waals surface area contributed by atoms with Crippen LogP contribution in [0.25, 0.3) is 10.4 Å². The highest BCUT2D eigenvalue weighted by atomic mass is 19.1. The van der Waals surface area contributed by atoms with E-state index in [0.29, 0.717) is 13.0 Å². The lowest BCUT2D eigenvalue weighted by atomic mass is 10.1. The second kappa shape index (κ2) is 4.48. The van der Waals surface area contributed by atoms with Crippen LogP contribution < -0.4 is 0 Å². The molecule has 0 saturated carbocycles. The first-order chi connectivity index (χ1) is 6.24. The third-order valence-corrected chi connectivity index (χ3v) is 1.86. The van der Waals surface area contributed by atoms with Gasteiger partial charge in [-0.2, -0.15) is 0 Å². The summed E-state index contributed by atoms with van der Waals surface area (Å²) < 4.78 is 12.8. The van der Waals surface area contributed by atoms with Gasteiger partial charge in [0, 0.05) is 11.5 Å². The molecule has 0 aliphatic heterocycles. The summed E-state index contributed by atoms with van der Waals surface area (Å²) in [7, 11) is 0. The fourth-order valence-electron chi connectivity index (χ4n) is 1.12. The molecular weight excluding hydrogens is 169 g/mol. The molecule has 0 bridgehead atoms. The van der Waals surface area contributed by atoms with Gasteiger partial charge in [-0.3, -0.25) is 0 Å². The third kappa shape index (κ3) is 2.76. The highest BCUT2D eigenvalue weighted by Crippen LogP contribution is 2.10. The van der Waals surface area contributed by atoms with Gasteiger partial charge in [0.05, 0.1) is 0 Å². The van der Waals surface area contributed by atoms with Crippen LogP contribution in [0.3, 0.4) is 0 Å². The second-order valence-corrected chi connectivity index (χ2v) is 2.78. The Morgan fingerprint density at radius 2 is 2.31 bits per heavy atom. The van der Waals surface area contributed by atoms with Crippen LogP contribution >= 0.6 is 0 Å². The summed E-state index contributed by atoms with van der Waals surface area (Å²) in [4.78, 5) is 2.63. The van der Waals surface area contributed by atoms with Gasteiger partial charge in [-0.25, -0.2) is 4.39 Å². The van der Waals surface area contributed by atoms with Gasteiger partial charge < -0.3 is 0 Å². The molecule has 0 N–H and O–H groups in total. The number of halogens is 1. The predicted octanol–water partition coefficient (Wildman–Crippen LogP) is 2.99. The van der Waals surface area contributed by atoms with Gasteiger partial charge in [-0.1, -0.05) is 11.2 Å². The van der Waals surface area contributed by atoms with Crippen molar-refractivity contribution in [1.29, 1.82) is 0 Å². The monoisotopic (exact) mass is 179 g/mol. The Morgan fingerprint density at radius 3 is 3.00 bits per heavy atom. The largest absolute Gasteiger partial charge is 0.207 e. The standard InChI is InChI=1S/C9H10FN3/c1-7-2-3-9(10)6-8(7)4-5-12-13-11/h2-3,6H,4-5H2,1H3. The molecule has 1 aromatic rings. The molecule has 0 aliphatic rings. The van der Waals surface area contributed by atoms with E-state index in [4.69, 9.17) is 5.53 Å². The van der Waals surface area contributed by atoms with Gasteiger partial charge in [0.15, 0.2) is 0 Å². The number of nitrogens with zero attached hydrogens (tertiary/aromatic N) is 3. The average molecular weight is 179 g/mol. The van der Waals surface area contributed by atoms with E-state index in [0.717, 1.165) is 11.1 Å². The summed E-state index contributed by atoms with van der Waals surface area (Å²) in [6.45, 7) is 2.28. The molecule has 0 spiro atoms. The lowest BCUT2D eigenvalue weighted by Crippen LogP contribution is -1.93. The van der Waals surface area contributed by atoms with E-state index in [-0.39, 0.29) is 5.82 Å². The molecule has 0 saturated heterocycles. The van der Waals surface area contributed by atoms with Crippen molar-refractivity contribution in [3.05, 3.63) is 45.6 Å². The van der Waals surface area contributed by atoms with Crippen molar-refractivity contribution in [1.82, 2.24) is 0 Å². The molecule has 4 heteroatoms. The Kier molecular flexibility index (Phi) is 3.29. The third-order valence-electron chi connectivity index (χ3n) is 1.86. The van der Waals surface area contributed by atoms with Crippen LogP contribution in [0.1, 0.15) is 11.1 Å². The number of hydrogen-bond acceptors (Lipinski definition) is 1. The minimum absolute atomic E-state index is 0.249. The van der Waals surface area contributed by atoms with Crippen LogP contribution in [-0.4, -0.2) is 6.54 Å². The molecule has 68 valence electrons. The minimum atomic E-state index is -0.249. The van der Waals surface area contributed by atoms with E-state index in [1.807, 2.05) is 6.92 Å². The summed E-state index contributed by atoms with van der Waals surface area (Å²) in [6.07, 6.45) is 0.591. The predicted molar refractivity (Wildman–Crippen MR) is 48.9 cm³/mol. The van der Waals surface area contributed by atoms with Crippen LogP contribution in [0.2, 0.25) is 0 Å². The highest BCUT2D eigenvalue weighted by Gasteiger charge is 1.98. The maximum absolute atomic E-state index is 12.8. The van der Waals surface area contributed by atoms with E-state index in [9.17, 15) is 4.39 Å². The van der Waals surface area contributed by atoms with Crippen molar-refractivity contribution in [3.8, 4) is 0 Å². The summed E-state index contributed by atoms with van der Waals surface area (Å²) in [5.74, 6) is -0.249. The molecule has 0 atom stereocenters. The number of aryl methyl sites for hydroxylation is 1. The molecule has 0 heterocycles. The topological polar surface area (TPSA) is 48.8 Å². The Morgan fingerprint density at radius 1 is 1.54 bits per heavy atom. The lowest BCUT2D eigenvalue weighted by Gasteiger charge is -2.02. The van der Waals surface area contributed by atoms with E-state index in [2.05, 4.69) is 10.0 Å². The molecule has 0 aromatic heterocycles. The quantitative estimate of drug-likeness (QED) is 0.389. The molecule has 0 aliphatic carbocycles. The highest BCUT2D eigenvalue weighted by molar-refractivity contribution is 5.26. The van der Waals surface area contributed by atoms with Crippen LogP contribution in [0, 0.1) is 12.7 Å². The summed E-state index contributed by atoms with van der Waals surface area (Å²) >= 11 is 0. The van der Waals surface area contributed by atoms with Crippen LogP contribution in [0.15, 0.2) is 23.3 Å². The fraction of sp³-hybridized carbons (Fsp3) is 0.333. The number of rotatable bonds is 3. The summed E-state index contributed by atoms with van der Waals surface area (Å²) in [5.41, 5.74) is 9.97. The second-order valence-electron chi connectivity index (χ2n) is 2.78. The summed E-state index contributed by atoms with van der Waals surface area (Å²) in [5, 5.41) is 3.40. The van der Waals surface area contributed by atoms with Crippen molar-refractivity contribution >= 4 is 0 Å². The Balaban J connectivity index is 2.75. The molecule has 1 aromatic carbocycles. The van der Waals surface area contributed by atoms with Crippen molar-refractivity contribution in [2.45, 2.75) is 13.3 Å². The van der Waals surface area contributed by atoms with Crippen molar-refractivity contribution < 1.29 is 4.39 Å². The molecule has 0 unspecified atom stereocenters. The Hall–Kier alpha value is -1.54. The van der Waals surface area contributed by atoms with Gasteiger partial charge in [-0.05, 0) is 42.1 Å². The summed E-state index contributed by atoms with van der Waals surface area (Å²) in [6, 6.07) is 4.62. The van der Waals surface area contributed by atoms with Crippen LogP contribution in [0.5, 0.6) is 0 Å². The van der Waals surface area contributed by atoms with Crippen LogP contribution in [0.4, 0.5) is 4.39 Å². The number of azide groups is 1. The smallest absolute Gasteiger partial charge is 0.123 e. The number of benzene rings is 1. The van der Waals surface area contributed by atoms with E-state index in [1.165, 1.54) is 12.1 Å². The van der Waals surface area contributed by atoms with Gasteiger partial charge in [0.1, 0.15) is 5.82 Å². The molecular formula is C9H10FN3. The fourth-order valence-corrected chi connectivity index (χ4v) is 1.12. The van der Waals surface area contributed by atoms with Gasteiger partial charge in [0.2, 0.25) is 0 Å². The first-order valence-corrected chi connectivity index (χ1v) is 4.00. The minimum Gasteiger partial charge on any atom is -0.207 e. The van der Waals surface area contributed by atoms with E-state index in [1.54, 1.807) is 6.07 Å². The Labute approximate surface area is 75.8 Å². The molecule has 0 amide bonds. The molecule has 3 nitrogen and oxygen atoms in total.